The summed E-state index contributed by atoms with van der Waals surface area (Å²) in [6, 6.07) is 5.82. The molecule has 2 aromatic heterocycles. The number of fused-ring (bicyclic) bond motifs is 1. The monoisotopic (exact) mass is 467 g/mol. The molecule has 0 saturated carbocycles. The van der Waals surface area contributed by atoms with Gasteiger partial charge < -0.3 is 15.2 Å². The largest absolute Gasteiger partial charge is 0.454 e. The summed E-state index contributed by atoms with van der Waals surface area (Å²) in [5, 5.41) is 19.9. The highest BCUT2D eigenvalue weighted by Crippen LogP contribution is 2.32. The van der Waals surface area contributed by atoms with Crippen LogP contribution in [0.3, 0.4) is 0 Å². The average Bonchev–Trinajstić information content (AvgIpc) is 3.57. The van der Waals surface area contributed by atoms with Crippen LogP contribution in [-0.2, 0) is 6.54 Å². The van der Waals surface area contributed by atoms with E-state index in [1.54, 1.807) is 13.0 Å². The number of nitrogens with two attached hydrogens (primary N) is 1. The van der Waals surface area contributed by atoms with Crippen molar-refractivity contribution in [1.82, 2.24) is 35.6 Å². The summed E-state index contributed by atoms with van der Waals surface area (Å²) in [5.41, 5.74) is 10.5. The first-order chi connectivity index (χ1) is 16.5. The summed E-state index contributed by atoms with van der Waals surface area (Å²) in [4.78, 5) is 15.4. The third-order valence-corrected chi connectivity index (χ3v) is 6.08. The van der Waals surface area contributed by atoms with E-state index in [-0.39, 0.29) is 24.1 Å². The number of hydrogen-bond acceptors (Lipinski definition) is 11. The van der Waals surface area contributed by atoms with Gasteiger partial charge in [0.05, 0.1) is 11.4 Å². The van der Waals surface area contributed by atoms with Crippen LogP contribution < -0.4 is 20.6 Å². The van der Waals surface area contributed by atoms with E-state index in [0.717, 1.165) is 24.9 Å². The van der Waals surface area contributed by atoms with E-state index >= 15 is 0 Å². The van der Waals surface area contributed by atoms with Gasteiger partial charge in [0, 0.05) is 18.2 Å². The van der Waals surface area contributed by atoms with Crippen LogP contribution >= 0.6 is 0 Å². The molecular formula is C21H25N9O4. The van der Waals surface area contributed by atoms with Gasteiger partial charge in [0.15, 0.2) is 17.2 Å². The van der Waals surface area contributed by atoms with Crippen molar-refractivity contribution in [2.75, 3.05) is 19.1 Å². The summed E-state index contributed by atoms with van der Waals surface area (Å²) in [5.74, 6) is 1.06. The zero-order valence-electron chi connectivity index (χ0n) is 18.9. The number of nitrogens with zero attached hydrogens (tertiary/aromatic N) is 7. The number of nitrogen functional groups attached to an aromatic ring is 1. The summed E-state index contributed by atoms with van der Waals surface area (Å²) < 4.78 is 16.9. The molecule has 1 aromatic carbocycles. The number of anilines is 1. The molecular weight excluding hydrogens is 442 g/mol. The predicted octanol–water partition coefficient (Wildman–Crippen LogP) is 1.49. The third kappa shape index (κ3) is 4.17. The van der Waals surface area contributed by atoms with Gasteiger partial charge in [-0.3, -0.25) is 9.69 Å². The quantitative estimate of drug-likeness (QED) is 0.402. The van der Waals surface area contributed by atoms with Gasteiger partial charge >= 0.3 is 0 Å². The number of nitrogens with one attached hydrogen (secondary N) is 1. The topological polar surface area (TPSA) is 159 Å². The number of ether oxygens (including phenoxy) is 2. The van der Waals surface area contributed by atoms with Crippen molar-refractivity contribution in [3.63, 3.8) is 0 Å². The second-order valence-corrected chi connectivity index (χ2v) is 8.29. The fourth-order valence-corrected chi connectivity index (χ4v) is 4.09. The molecule has 0 spiro atoms. The lowest BCUT2D eigenvalue weighted by molar-refractivity contribution is 0.0944. The molecule has 3 aromatic rings. The molecule has 0 aliphatic carbocycles. The molecule has 13 heteroatoms. The third-order valence-electron chi connectivity index (χ3n) is 6.08. The molecule has 5 rings (SSSR count). The number of rotatable bonds is 6. The van der Waals surface area contributed by atoms with Crippen molar-refractivity contribution in [3.8, 4) is 17.3 Å². The van der Waals surface area contributed by atoms with Gasteiger partial charge in [-0.05, 0) is 61.7 Å². The highest BCUT2D eigenvalue weighted by molar-refractivity contribution is 6.01. The number of amides is 1. The minimum absolute atomic E-state index is 0.0569. The molecule has 13 nitrogen and oxygen atoms in total. The molecule has 2 aliphatic rings. The maximum atomic E-state index is 13.1. The first-order valence-corrected chi connectivity index (χ1v) is 11.0. The fraction of sp³-hybridized carbons (Fsp3) is 0.429. The van der Waals surface area contributed by atoms with Gasteiger partial charge in [0.2, 0.25) is 18.4 Å². The Balaban J connectivity index is 1.40. The summed E-state index contributed by atoms with van der Waals surface area (Å²) in [6.07, 6.45) is 3.34. The van der Waals surface area contributed by atoms with Crippen LogP contribution in [0.2, 0.25) is 0 Å². The van der Waals surface area contributed by atoms with E-state index in [1.165, 1.54) is 11.1 Å². The summed E-state index contributed by atoms with van der Waals surface area (Å²) >= 11 is 0. The first kappa shape index (κ1) is 21.8. The van der Waals surface area contributed by atoms with Crippen LogP contribution in [0.1, 0.15) is 54.9 Å². The number of piperidine rings is 1. The lowest BCUT2D eigenvalue weighted by atomic mass is 10.0. The normalized spacial score (nSPS) is 18.3. The van der Waals surface area contributed by atoms with Crippen LogP contribution in [0.15, 0.2) is 27.9 Å². The Kier molecular flexibility index (Phi) is 5.84. The van der Waals surface area contributed by atoms with Crippen molar-refractivity contribution in [1.29, 1.82) is 0 Å². The lowest BCUT2D eigenvalue weighted by Gasteiger charge is -2.33. The number of aromatic nitrogens is 5. The van der Waals surface area contributed by atoms with Gasteiger partial charge in [0.1, 0.15) is 0 Å². The van der Waals surface area contributed by atoms with Crippen molar-refractivity contribution >= 4 is 17.4 Å². The minimum Gasteiger partial charge on any atom is -0.454 e. The standard InChI is InChI=1S/C21H25N9O4/c1-12-5-3-4-8-29(12)10-15-18(24-28-30(15)20-19(22)26-34-27-20)21(31)25-23-13(2)14-6-7-16-17(9-14)33-11-32-16/h6-7,9,12H,3-5,8,10-11H2,1-2H3,(H2,22,26)(H,25,31). The Hall–Kier alpha value is -4.00. The molecule has 1 amide bonds. The average molecular weight is 467 g/mol. The number of carbonyl (C=O) groups excluding carboxylic acids is 1. The lowest BCUT2D eigenvalue weighted by Crippen LogP contribution is -2.38. The zero-order valence-corrected chi connectivity index (χ0v) is 18.9. The molecule has 1 atom stereocenters. The predicted molar refractivity (Wildman–Crippen MR) is 120 cm³/mol. The Morgan fingerprint density at radius 1 is 1.26 bits per heavy atom. The number of benzene rings is 1. The second-order valence-electron chi connectivity index (χ2n) is 8.29. The van der Waals surface area contributed by atoms with Crippen LogP contribution in [0, 0.1) is 0 Å². The number of hydrogen-bond donors (Lipinski definition) is 2. The Morgan fingerprint density at radius 3 is 2.91 bits per heavy atom. The highest BCUT2D eigenvalue weighted by atomic mass is 16.7. The van der Waals surface area contributed by atoms with Gasteiger partial charge in [-0.2, -0.15) is 9.78 Å². The van der Waals surface area contributed by atoms with Crippen LogP contribution in [0.5, 0.6) is 11.5 Å². The van der Waals surface area contributed by atoms with Crippen molar-refractivity contribution in [2.24, 2.45) is 5.10 Å². The Morgan fingerprint density at radius 2 is 2.12 bits per heavy atom. The van der Waals surface area contributed by atoms with E-state index in [1.807, 2.05) is 12.1 Å². The molecule has 0 radical (unpaired) electrons. The van der Waals surface area contributed by atoms with Gasteiger partial charge in [-0.25, -0.2) is 10.1 Å². The fourth-order valence-electron chi connectivity index (χ4n) is 4.09. The van der Waals surface area contributed by atoms with Gasteiger partial charge in [-0.15, -0.1) is 5.10 Å². The molecule has 3 N–H and O–H groups in total. The smallest absolute Gasteiger partial charge is 0.293 e. The first-order valence-electron chi connectivity index (χ1n) is 11.0. The van der Waals surface area contributed by atoms with Crippen LogP contribution in [0.25, 0.3) is 5.82 Å². The van der Waals surface area contributed by atoms with Gasteiger partial charge in [0.25, 0.3) is 5.91 Å². The van der Waals surface area contributed by atoms with E-state index in [2.05, 4.69) is 43.0 Å². The van der Waals surface area contributed by atoms with Crippen molar-refractivity contribution in [3.05, 3.63) is 35.2 Å². The van der Waals surface area contributed by atoms with E-state index in [4.69, 9.17) is 19.8 Å². The van der Waals surface area contributed by atoms with Crippen molar-refractivity contribution in [2.45, 2.75) is 45.7 Å². The van der Waals surface area contributed by atoms with Crippen LogP contribution in [-0.4, -0.2) is 61.2 Å². The van der Waals surface area contributed by atoms with Crippen molar-refractivity contribution < 1.29 is 18.9 Å². The minimum atomic E-state index is -0.499. The number of carbonyl (C=O) groups is 1. The molecule has 1 fully saturated rings. The number of likely N-dealkylation sites (tertiary alicyclic amines) is 1. The molecule has 34 heavy (non-hydrogen) atoms. The maximum Gasteiger partial charge on any atom is 0.293 e. The molecule has 0 bridgehead atoms. The number of hydrazone groups is 1. The Labute approximate surface area is 194 Å². The zero-order chi connectivity index (χ0) is 23.7. The second kappa shape index (κ2) is 9.09. The summed E-state index contributed by atoms with van der Waals surface area (Å²) in [7, 11) is 0. The maximum absolute atomic E-state index is 13.1. The SMILES string of the molecule is CC(=NNC(=O)c1nnn(-c2nonc2N)c1CN1CCCCC1C)c1ccc2c(c1)OCO2. The summed E-state index contributed by atoms with van der Waals surface area (Å²) in [6.45, 7) is 5.48. The molecule has 4 heterocycles. The molecule has 1 saturated heterocycles. The van der Waals surface area contributed by atoms with E-state index in [0.29, 0.717) is 35.5 Å². The molecule has 2 aliphatic heterocycles. The van der Waals surface area contributed by atoms with Gasteiger partial charge in [-0.1, -0.05) is 11.6 Å². The van der Waals surface area contributed by atoms with E-state index in [9.17, 15) is 4.79 Å². The molecule has 178 valence electrons. The molecule has 1 unspecified atom stereocenters. The highest BCUT2D eigenvalue weighted by Gasteiger charge is 2.28. The van der Waals surface area contributed by atoms with E-state index < -0.39 is 5.91 Å². The Bertz CT molecular complexity index is 1230. The van der Waals surface area contributed by atoms with Crippen LogP contribution in [0.4, 0.5) is 5.82 Å².